The molecule has 0 saturated heterocycles. The molecule has 18 heavy (non-hydrogen) atoms. The molecular formula is C12H16N6. The zero-order valence-electron chi connectivity index (χ0n) is 10.8. The van der Waals surface area contributed by atoms with E-state index in [0.29, 0.717) is 5.56 Å². The summed E-state index contributed by atoms with van der Waals surface area (Å²) >= 11 is 0. The van der Waals surface area contributed by atoms with Gasteiger partial charge in [0.05, 0.1) is 5.69 Å². The van der Waals surface area contributed by atoms with E-state index in [2.05, 4.69) is 21.6 Å². The Hall–Kier alpha value is -2.29. The Morgan fingerprint density at radius 1 is 1.39 bits per heavy atom. The number of hydrogen-bond donors (Lipinski definition) is 1. The summed E-state index contributed by atoms with van der Waals surface area (Å²) in [6.45, 7) is 2.58. The minimum absolute atomic E-state index is 0.613. The van der Waals surface area contributed by atoms with Crippen LogP contribution in [0.15, 0.2) is 12.3 Å². The van der Waals surface area contributed by atoms with Crippen LogP contribution >= 0.6 is 0 Å². The normalized spacial score (nSPS) is 10.3. The number of nitrogens with one attached hydrogen (secondary N) is 1. The summed E-state index contributed by atoms with van der Waals surface area (Å²) in [6, 6.07) is 4.16. The predicted molar refractivity (Wildman–Crippen MR) is 68.1 cm³/mol. The molecule has 0 aliphatic carbocycles. The van der Waals surface area contributed by atoms with Gasteiger partial charge in [-0.15, -0.1) is 0 Å². The SMILES string of the molecule is Cc1nn(C)c(NCCc2ccnn2C)c1C#N. The van der Waals surface area contributed by atoms with Gasteiger partial charge in [0.15, 0.2) is 0 Å². The van der Waals surface area contributed by atoms with Crippen molar-refractivity contribution in [3.8, 4) is 6.07 Å². The maximum Gasteiger partial charge on any atom is 0.142 e. The van der Waals surface area contributed by atoms with Crippen LogP contribution in [0.5, 0.6) is 0 Å². The number of nitrogens with zero attached hydrogens (tertiary/aromatic N) is 5. The molecular weight excluding hydrogens is 228 g/mol. The molecule has 0 aromatic carbocycles. The Bertz CT molecular complexity index is 586. The summed E-state index contributed by atoms with van der Waals surface area (Å²) in [6.07, 6.45) is 2.63. The minimum atomic E-state index is 0.613. The standard InChI is InChI=1S/C12H16N6/c1-9-11(8-13)12(18(3)16-9)14-6-4-10-5-7-15-17(10)2/h5,7,14H,4,6H2,1-3H3. The van der Waals surface area contributed by atoms with Crippen LogP contribution in [0.2, 0.25) is 0 Å². The van der Waals surface area contributed by atoms with Gasteiger partial charge in [0, 0.05) is 39.0 Å². The average Bonchev–Trinajstić information content (AvgIpc) is 2.84. The summed E-state index contributed by atoms with van der Waals surface area (Å²) in [7, 11) is 3.75. The van der Waals surface area contributed by atoms with Crippen LogP contribution in [0.25, 0.3) is 0 Å². The van der Waals surface area contributed by atoms with Crippen molar-refractivity contribution in [2.24, 2.45) is 14.1 Å². The van der Waals surface area contributed by atoms with Crippen molar-refractivity contribution in [1.29, 1.82) is 5.26 Å². The number of nitriles is 1. The van der Waals surface area contributed by atoms with E-state index in [1.54, 1.807) is 10.9 Å². The van der Waals surface area contributed by atoms with Crippen molar-refractivity contribution >= 4 is 5.82 Å². The van der Waals surface area contributed by atoms with E-state index in [4.69, 9.17) is 5.26 Å². The number of anilines is 1. The van der Waals surface area contributed by atoms with Crippen LogP contribution in [0.3, 0.4) is 0 Å². The first kappa shape index (κ1) is 12.2. The van der Waals surface area contributed by atoms with E-state index in [0.717, 1.165) is 30.2 Å². The lowest BCUT2D eigenvalue weighted by molar-refractivity contribution is 0.707. The summed E-state index contributed by atoms with van der Waals surface area (Å²) in [5.41, 5.74) is 2.52. The highest BCUT2D eigenvalue weighted by atomic mass is 15.3. The van der Waals surface area contributed by atoms with Gasteiger partial charge >= 0.3 is 0 Å². The van der Waals surface area contributed by atoms with Gasteiger partial charge in [0.1, 0.15) is 17.5 Å². The smallest absolute Gasteiger partial charge is 0.142 e. The maximum absolute atomic E-state index is 9.08. The first-order valence-corrected chi connectivity index (χ1v) is 5.78. The summed E-state index contributed by atoms with van der Waals surface area (Å²) in [5, 5.41) is 20.7. The molecule has 0 bridgehead atoms. The number of rotatable bonds is 4. The molecule has 6 heteroatoms. The van der Waals surface area contributed by atoms with E-state index in [9.17, 15) is 0 Å². The van der Waals surface area contributed by atoms with Gasteiger partial charge < -0.3 is 5.32 Å². The lowest BCUT2D eigenvalue weighted by Gasteiger charge is -2.07. The lowest BCUT2D eigenvalue weighted by atomic mass is 10.2. The molecule has 6 nitrogen and oxygen atoms in total. The highest BCUT2D eigenvalue weighted by Gasteiger charge is 2.12. The van der Waals surface area contributed by atoms with Gasteiger partial charge in [0.25, 0.3) is 0 Å². The molecule has 2 heterocycles. The van der Waals surface area contributed by atoms with Gasteiger partial charge in [-0.1, -0.05) is 0 Å². The molecule has 2 rings (SSSR count). The predicted octanol–water partition coefficient (Wildman–Crippen LogP) is 0.988. The molecule has 0 radical (unpaired) electrons. The second-order valence-electron chi connectivity index (χ2n) is 4.17. The second-order valence-corrected chi connectivity index (χ2v) is 4.17. The van der Waals surface area contributed by atoms with Crippen LogP contribution in [0.1, 0.15) is 17.0 Å². The minimum Gasteiger partial charge on any atom is -0.369 e. The quantitative estimate of drug-likeness (QED) is 0.870. The van der Waals surface area contributed by atoms with Crippen LogP contribution in [0, 0.1) is 18.3 Å². The van der Waals surface area contributed by atoms with Gasteiger partial charge in [-0.05, 0) is 13.0 Å². The van der Waals surface area contributed by atoms with E-state index in [1.165, 1.54) is 0 Å². The molecule has 0 fully saturated rings. The van der Waals surface area contributed by atoms with Crippen molar-refractivity contribution in [1.82, 2.24) is 19.6 Å². The highest BCUT2D eigenvalue weighted by molar-refractivity contribution is 5.54. The molecule has 0 spiro atoms. The number of aromatic nitrogens is 4. The maximum atomic E-state index is 9.08. The third-order valence-corrected chi connectivity index (χ3v) is 2.93. The van der Waals surface area contributed by atoms with Crippen LogP contribution < -0.4 is 5.32 Å². The monoisotopic (exact) mass is 244 g/mol. The van der Waals surface area contributed by atoms with Crippen molar-refractivity contribution in [2.45, 2.75) is 13.3 Å². The molecule has 2 aromatic rings. The zero-order valence-corrected chi connectivity index (χ0v) is 10.8. The first-order chi connectivity index (χ1) is 8.63. The van der Waals surface area contributed by atoms with E-state index < -0.39 is 0 Å². The molecule has 0 saturated carbocycles. The summed E-state index contributed by atoms with van der Waals surface area (Å²) in [5.74, 6) is 0.775. The lowest BCUT2D eigenvalue weighted by Crippen LogP contribution is -2.11. The summed E-state index contributed by atoms with van der Waals surface area (Å²) in [4.78, 5) is 0. The topological polar surface area (TPSA) is 71.5 Å². The molecule has 2 aromatic heterocycles. The Labute approximate surface area is 106 Å². The van der Waals surface area contributed by atoms with Crippen LogP contribution in [-0.2, 0) is 20.5 Å². The molecule has 0 unspecified atom stereocenters. The van der Waals surface area contributed by atoms with E-state index in [-0.39, 0.29) is 0 Å². The molecule has 1 N–H and O–H groups in total. The molecule has 0 amide bonds. The van der Waals surface area contributed by atoms with Crippen molar-refractivity contribution in [3.05, 3.63) is 29.2 Å². The first-order valence-electron chi connectivity index (χ1n) is 5.78. The Balaban J connectivity index is 2.03. The molecule has 0 aliphatic heterocycles. The van der Waals surface area contributed by atoms with Crippen LogP contribution in [-0.4, -0.2) is 26.1 Å². The zero-order chi connectivity index (χ0) is 13.1. The Kier molecular flexibility index (Phi) is 3.33. The van der Waals surface area contributed by atoms with E-state index in [1.807, 2.05) is 31.8 Å². The average molecular weight is 244 g/mol. The van der Waals surface area contributed by atoms with Gasteiger partial charge in [-0.2, -0.15) is 15.5 Å². The summed E-state index contributed by atoms with van der Waals surface area (Å²) < 4.78 is 3.55. The van der Waals surface area contributed by atoms with Gasteiger partial charge in [-0.3, -0.25) is 9.36 Å². The van der Waals surface area contributed by atoms with Gasteiger partial charge in [0.2, 0.25) is 0 Å². The fourth-order valence-corrected chi connectivity index (χ4v) is 1.95. The number of aryl methyl sites for hydroxylation is 3. The van der Waals surface area contributed by atoms with Crippen molar-refractivity contribution in [2.75, 3.05) is 11.9 Å². The molecule has 0 aliphatic rings. The molecule has 0 atom stereocenters. The fourth-order valence-electron chi connectivity index (χ4n) is 1.95. The third-order valence-electron chi connectivity index (χ3n) is 2.93. The Morgan fingerprint density at radius 3 is 2.78 bits per heavy atom. The van der Waals surface area contributed by atoms with Crippen molar-refractivity contribution in [3.63, 3.8) is 0 Å². The fraction of sp³-hybridized carbons (Fsp3) is 0.417. The highest BCUT2D eigenvalue weighted by Crippen LogP contribution is 2.17. The number of hydrogen-bond acceptors (Lipinski definition) is 4. The van der Waals surface area contributed by atoms with E-state index >= 15 is 0 Å². The third kappa shape index (κ3) is 2.20. The largest absolute Gasteiger partial charge is 0.369 e. The van der Waals surface area contributed by atoms with Gasteiger partial charge in [-0.25, -0.2) is 0 Å². The molecule has 94 valence electrons. The van der Waals surface area contributed by atoms with Crippen LogP contribution in [0.4, 0.5) is 5.82 Å². The van der Waals surface area contributed by atoms with Crippen molar-refractivity contribution < 1.29 is 0 Å². The Morgan fingerprint density at radius 2 is 2.17 bits per heavy atom. The second kappa shape index (κ2) is 4.92.